The van der Waals surface area contributed by atoms with Crippen LogP contribution >= 0.6 is 0 Å². The predicted molar refractivity (Wildman–Crippen MR) is 109 cm³/mol. The molecular formula is C24H29NO3. The highest BCUT2D eigenvalue weighted by Gasteiger charge is 2.68. The number of carbonyl (C=O) groups is 1. The van der Waals surface area contributed by atoms with Crippen molar-refractivity contribution in [1.29, 1.82) is 0 Å². The fourth-order valence-electron chi connectivity index (χ4n) is 6.85. The van der Waals surface area contributed by atoms with Crippen LogP contribution in [0.2, 0.25) is 0 Å². The quantitative estimate of drug-likeness (QED) is 0.804. The molecule has 4 nitrogen and oxygen atoms in total. The maximum absolute atomic E-state index is 12.0. The first-order valence-corrected chi connectivity index (χ1v) is 10.4. The van der Waals surface area contributed by atoms with E-state index >= 15 is 0 Å². The van der Waals surface area contributed by atoms with Gasteiger partial charge < -0.3 is 15.2 Å². The third kappa shape index (κ3) is 2.30. The molecule has 1 saturated heterocycles. The van der Waals surface area contributed by atoms with Crippen molar-refractivity contribution in [3.63, 3.8) is 0 Å². The number of fused-ring (bicyclic) bond motifs is 2. The number of phenolic OH excluding ortho intramolecular Hbond substituents is 1. The Morgan fingerprint density at radius 3 is 2.68 bits per heavy atom. The zero-order valence-corrected chi connectivity index (χ0v) is 16.9. The van der Waals surface area contributed by atoms with E-state index in [-0.39, 0.29) is 28.9 Å². The second-order valence-corrected chi connectivity index (χ2v) is 9.69. The molecule has 1 spiro atoms. The molecule has 2 aromatic rings. The van der Waals surface area contributed by atoms with Crippen LogP contribution in [0.5, 0.6) is 5.75 Å². The van der Waals surface area contributed by atoms with Gasteiger partial charge in [0.15, 0.2) is 0 Å². The summed E-state index contributed by atoms with van der Waals surface area (Å²) in [5.74, 6) is 1.37. The van der Waals surface area contributed by atoms with E-state index < -0.39 is 0 Å². The van der Waals surface area contributed by atoms with E-state index in [4.69, 9.17) is 4.74 Å². The summed E-state index contributed by atoms with van der Waals surface area (Å²) >= 11 is 0. The van der Waals surface area contributed by atoms with Crippen molar-refractivity contribution in [2.24, 2.45) is 22.7 Å². The molecule has 2 aromatic carbocycles. The van der Waals surface area contributed by atoms with Crippen LogP contribution in [-0.4, -0.2) is 23.7 Å². The topological polar surface area (TPSA) is 58.6 Å². The van der Waals surface area contributed by atoms with Crippen LogP contribution in [0, 0.1) is 22.7 Å². The molecule has 3 aliphatic rings. The van der Waals surface area contributed by atoms with Gasteiger partial charge in [-0.15, -0.1) is 0 Å². The minimum atomic E-state index is 0.0107. The number of benzene rings is 2. The van der Waals surface area contributed by atoms with Gasteiger partial charge in [0.1, 0.15) is 5.75 Å². The maximum atomic E-state index is 12.0. The van der Waals surface area contributed by atoms with Crippen LogP contribution in [0.1, 0.15) is 51.7 Å². The van der Waals surface area contributed by atoms with E-state index in [0.29, 0.717) is 17.6 Å². The Labute approximate surface area is 166 Å². The summed E-state index contributed by atoms with van der Waals surface area (Å²) in [5, 5.41) is 15.6. The molecule has 5 atom stereocenters. The van der Waals surface area contributed by atoms with Gasteiger partial charge >= 0.3 is 0 Å². The molecule has 3 fully saturated rings. The van der Waals surface area contributed by atoms with Gasteiger partial charge in [0.05, 0.1) is 6.10 Å². The number of nitrogens with one attached hydrogen (secondary N) is 1. The van der Waals surface area contributed by atoms with Gasteiger partial charge in [0.25, 0.3) is 0 Å². The average Bonchev–Trinajstić information content (AvgIpc) is 3.15. The minimum absolute atomic E-state index is 0.0107. The highest BCUT2D eigenvalue weighted by atomic mass is 16.5. The second-order valence-electron chi connectivity index (χ2n) is 9.69. The molecule has 1 aliphatic heterocycles. The first kappa shape index (κ1) is 18.0. The van der Waals surface area contributed by atoms with Gasteiger partial charge in [0.2, 0.25) is 5.91 Å². The normalized spacial score (nSPS) is 35.7. The zero-order chi connectivity index (χ0) is 19.7. The third-order valence-corrected chi connectivity index (χ3v) is 8.09. The Bertz CT molecular complexity index is 952. The number of hydrogen-bond donors (Lipinski definition) is 2. The Morgan fingerprint density at radius 2 is 1.93 bits per heavy atom. The van der Waals surface area contributed by atoms with E-state index in [9.17, 15) is 9.90 Å². The highest BCUT2D eigenvalue weighted by Crippen LogP contribution is 2.70. The smallest absolute Gasteiger partial charge is 0.217 e. The Kier molecular flexibility index (Phi) is 3.83. The van der Waals surface area contributed by atoms with Crippen LogP contribution in [-0.2, 0) is 9.53 Å². The number of carbonyl (C=O) groups excluding carboxylic acids is 1. The lowest BCUT2D eigenvalue weighted by Gasteiger charge is -2.53. The van der Waals surface area contributed by atoms with E-state index in [1.165, 1.54) is 12.0 Å². The monoisotopic (exact) mass is 379 g/mol. The van der Waals surface area contributed by atoms with Gasteiger partial charge in [0, 0.05) is 25.0 Å². The summed E-state index contributed by atoms with van der Waals surface area (Å²) in [6.07, 6.45) is 3.33. The first-order chi connectivity index (χ1) is 13.3. The van der Waals surface area contributed by atoms with Crippen LogP contribution in [0.3, 0.4) is 0 Å². The number of phenols is 1. The summed E-state index contributed by atoms with van der Waals surface area (Å²) in [5.41, 5.74) is 1.38. The molecule has 0 unspecified atom stereocenters. The molecule has 2 saturated carbocycles. The van der Waals surface area contributed by atoms with Crippen LogP contribution in [0.15, 0.2) is 36.4 Å². The van der Waals surface area contributed by atoms with E-state index in [0.717, 1.165) is 30.2 Å². The van der Waals surface area contributed by atoms with Gasteiger partial charge in [-0.2, -0.15) is 0 Å². The number of amides is 1. The van der Waals surface area contributed by atoms with Crippen molar-refractivity contribution in [2.45, 2.75) is 52.2 Å². The standard InChI is InChI=1S/C24H29NO3/c1-14(26)25-22-23(2,3)15-12-19-21(28-11-10-24(19,22)13-15)18-8-9-20(27)17-7-5-4-6-16(17)18/h4-9,15,19,21-22,27H,10-13H2,1-3H3,(H,25,26)/t15-,19-,21-,22+,24-/m1/s1. The minimum Gasteiger partial charge on any atom is -0.507 e. The largest absolute Gasteiger partial charge is 0.507 e. The summed E-state index contributed by atoms with van der Waals surface area (Å²) in [6, 6.07) is 12.1. The predicted octanol–water partition coefficient (Wildman–Crippen LogP) is 4.56. The van der Waals surface area contributed by atoms with Crippen molar-refractivity contribution in [3.05, 3.63) is 42.0 Å². The molecule has 2 bridgehead atoms. The molecule has 1 amide bonds. The number of ether oxygens (including phenoxy) is 1. The molecule has 2 aliphatic carbocycles. The molecule has 0 aromatic heterocycles. The summed E-state index contributed by atoms with van der Waals surface area (Å²) in [7, 11) is 0. The number of aromatic hydroxyl groups is 1. The van der Waals surface area contributed by atoms with Crippen LogP contribution < -0.4 is 5.32 Å². The molecule has 28 heavy (non-hydrogen) atoms. The molecule has 148 valence electrons. The first-order valence-electron chi connectivity index (χ1n) is 10.4. The van der Waals surface area contributed by atoms with Gasteiger partial charge in [-0.25, -0.2) is 0 Å². The van der Waals surface area contributed by atoms with E-state index in [1.54, 1.807) is 13.0 Å². The van der Waals surface area contributed by atoms with Crippen molar-refractivity contribution >= 4 is 16.7 Å². The Hall–Kier alpha value is -2.07. The lowest BCUT2D eigenvalue weighted by Crippen LogP contribution is -2.58. The Balaban J connectivity index is 1.60. The summed E-state index contributed by atoms with van der Waals surface area (Å²) in [4.78, 5) is 12.0. The average molecular weight is 380 g/mol. The maximum Gasteiger partial charge on any atom is 0.217 e. The van der Waals surface area contributed by atoms with E-state index in [1.807, 2.05) is 24.3 Å². The van der Waals surface area contributed by atoms with Gasteiger partial charge in [-0.05, 0) is 58.9 Å². The summed E-state index contributed by atoms with van der Waals surface area (Å²) < 4.78 is 6.40. The molecule has 0 radical (unpaired) electrons. The second kappa shape index (κ2) is 5.96. The number of hydrogen-bond acceptors (Lipinski definition) is 3. The molecule has 1 heterocycles. The fraction of sp³-hybridized carbons (Fsp3) is 0.542. The highest BCUT2D eigenvalue weighted by molar-refractivity contribution is 5.91. The number of rotatable bonds is 2. The molecular weight excluding hydrogens is 350 g/mol. The fourth-order valence-corrected chi connectivity index (χ4v) is 6.85. The van der Waals surface area contributed by atoms with Crippen LogP contribution in [0.4, 0.5) is 0 Å². The van der Waals surface area contributed by atoms with Gasteiger partial charge in [-0.3, -0.25) is 4.79 Å². The lowest BCUT2D eigenvalue weighted by molar-refractivity contribution is -0.135. The van der Waals surface area contributed by atoms with Crippen molar-refractivity contribution in [2.75, 3.05) is 6.61 Å². The zero-order valence-electron chi connectivity index (χ0n) is 16.9. The third-order valence-electron chi connectivity index (χ3n) is 8.09. The van der Waals surface area contributed by atoms with Crippen molar-refractivity contribution in [3.8, 4) is 5.75 Å². The molecule has 4 heteroatoms. The SMILES string of the molecule is CC(=O)N[C@H]1C(C)(C)[C@@H]2C[C@@H]3[C@@H](c4ccc(O)c5ccccc45)OCC[C@@]31C2. The van der Waals surface area contributed by atoms with Crippen molar-refractivity contribution < 1.29 is 14.6 Å². The molecule has 2 N–H and O–H groups in total. The van der Waals surface area contributed by atoms with E-state index in [2.05, 4.69) is 25.2 Å². The molecule has 5 rings (SSSR count). The van der Waals surface area contributed by atoms with Crippen LogP contribution in [0.25, 0.3) is 10.8 Å². The summed E-state index contributed by atoms with van der Waals surface area (Å²) in [6.45, 7) is 7.00. The Morgan fingerprint density at radius 1 is 1.18 bits per heavy atom. The van der Waals surface area contributed by atoms with Gasteiger partial charge in [-0.1, -0.05) is 44.2 Å². The van der Waals surface area contributed by atoms with Crippen molar-refractivity contribution in [1.82, 2.24) is 5.32 Å². The lowest BCUT2D eigenvalue weighted by atomic mass is 9.58.